The maximum absolute atomic E-state index is 12.1. The van der Waals surface area contributed by atoms with Crippen LogP contribution in [-0.2, 0) is 4.79 Å². The van der Waals surface area contributed by atoms with Crippen molar-refractivity contribution in [2.24, 2.45) is 4.99 Å². The summed E-state index contributed by atoms with van der Waals surface area (Å²) >= 11 is 5.83. The van der Waals surface area contributed by atoms with Gasteiger partial charge in [-0.25, -0.2) is 4.79 Å². The van der Waals surface area contributed by atoms with E-state index in [1.165, 1.54) is 0 Å². The first-order valence-electron chi connectivity index (χ1n) is 13.1. The lowest BCUT2D eigenvalue weighted by Crippen LogP contribution is -2.47. The molecule has 4 rings (SSSR count). The lowest BCUT2D eigenvalue weighted by molar-refractivity contribution is -0.505. The van der Waals surface area contributed by atoms with Gasteiger partial charge in [-0.15, -0.1) is 10.2 Å². The molecule has 0 aliphatic carbocycles. The number of hydrogen-bond acceptors (Lipinski definition) is 9. The molecule has 1 saturated heterocycles. The third-order valence-electron chi connectivity index (χ3n) is 7.19. The molecule has 2 aliphatic heterocycles. The van der Waals surface area contributed by atoms with E-state index in [1.54, 1.807) is 44.2 Å². The Hall–Kier alpha value is -3.57. The monoisotopic (exact) mass is 556 g/mol. The molecule has 0 bridgehead atoms. The molecule has 1 N–H and O–H groups in total. The molecule has 0 amide bonds. The van der Waals surface area contributed by atoms with E-state index in [0.29, 0.717) is 23.1 Å². The number of para-hydroxylation sites is 1. The molecule has 39 heavy (non-hydrogen) atoms. The van der Waals surface area contributed by atoms with Gasteiger partial charge in [0.1, 0.15) is 5.75 Å². The van der Waals surface area contributed by atoms with E-state index in [2.05, 4.69) is 25.0 Å². The van der Waals surface area contributed by atoms with E-state index < -0.39 is 22.9 Å². The lowest BCUT2D eigenvalue weighted by Gasteiger charge is -2.35. The van der Waals surface area contributed by atoms with Crippen LogP contribution in [0.3, 0.4) is 0 Å². The third-order valence-corrected chi connectivity index (χ3v) is 7.39. The normalized spacial score (nSPS) is 20.1. The SMILES string of the molecule is CC1=NC(C)=C(C(=O)O)C(c2ccccc2OCCCCCN2CCN(c3ccc(Cl)nn3)CC2)C1[N+](=O)[O-]. The molecular weight excluding hydrogens is 524 g/mol. The van der Waals surface area contributed by atoms with E-state index in [-0.39, 0.29) is 17.0 Å². The molecule has 0 radical (unpaired) electrons. The van der Waals surface area contributed by atoms with Crippen LogP contribution in [0, 0.1) is 10.1 Å². The highest BCUT2D eigenvalue weighted by atomic mass is 35.5. The smallest absolute Gasteiger partial charge is 0.334 e. The van der Waals surface area contributed by atoms with Crippen LogP contribution in [0.1, 0.15) is 44.6 Å². The number of unbranched alkanes of at least 4 members (excludes halogenated alkanes) is 2. The van der Waals surface area contributed by atoms with Gasteiger partial charge in [0.15, 0.2) is 11.0 Å². The summed E-state index contributed by atoms with van der Waals surface area (Å²) < 4.78 is 6.06. The predicted molar refractivity (Wildman–Crippen MR) is 148 cm³/mol. The number of nitrogens with zero attached hydrogens (tertiary/aromatic N) is 6. The van der Waals surface area contributed by atoms with Gasteiger partial charge in [0.05, 0.1) is 23.8 Å². The van der Waals surface area contributed by atoms with Crippen LogP contribution < -0.4 is 9.64 Å². The minimum atomic E-state index is -1.27. The van der Waals surface area contributed by atoms with Crippen LogP contribution in [0.25, 0.3) is 0 Å². The number of halogens is 1. The Morgan fingerprint density at radius 3 is 2.51 bits per heavy atom. The number of ether oxygens (including phenoxy) is 1. The van der Waals surface area contributed by atoms with Gasteiger partial charge in [-0.1, -0.05) is 29.8 Å². The number of aromatic nitrogens is 2. The van der Waals surface area contributed by atoms with Crippen LogP contribution >= 0.6 is 11.6 Å². The minimum absolute atomic E-state index is 0.0680. The highest BCUT2D eigenvalue weighted by Gasteiger charge is 2.45. The molecule has 2 aliphatic rings. The molecule has 2 unspecified atom stereocenters. The maximum Gasteiger partial charge on any atom is 0.334 e. The molecule has 1 fully saturated rings. The van der Waals surface area contributed by atoms with E-state index in [1.807, 2.05) is 6.07 Å². The fraction of sp³-hybridized carbons (Fsp3) is 0.481. The van der Waals surface area contributed by atoms with Crippen molar-refractivity contribution >= 4 is 29.1 Å². The Labute approximate surface area is 232 Å². The predicted octanol–water partition coefficient (Wildman–Crippen LogP) is 4.06. The van der Waals surface area contributed by atoms with E-state index >= 15 is 0 Å². The van der Waals surface area contributed by atoms with Gasteiger partial charge in [-0.2, -0.15) is 0 Å². The third kappa shape index (κ3) is 6.90. The molecule has 2 atom stereocenters. The molecule has 0 spiro atoms. The number of anilines is 1. The van der Waals surface area contributed by atoms with Crippen molar-refractivity contribution in [3.05, 3.63) is 68.5 Å². The van der Waals surface area contributed by atoms with Crippen molar-refractivity contribution in [1.29, 1.82) is 0 Å². The maximum atomic E-state index is 12.1. The van der Waals surface area contributed by atoms with Crippen LogP contribution in [0.2, 0.25) is 5.15 Å². The first-order valence-corrected chi connectivity index (χ1v) is 13.4. The molecule has 1 aromatic carbocycles. The number of allylic oxidation sites excluding steroid dienone is 1. The summed E-state index contributed by atoms with van der Waals surface area (Å²) in [5, 5.41) is 30.3. The van der Waals surface area contributed by atoms with Crippen molar-refractivity contribution in [3.63, 3.8) is 0 Å². The summed E-state index contributed by atoms with van der Waals surface area (Å²) in [5.41, 5.74) is 0.985. The highest BCUT2D eigenvalue weighted by Crippen LogP contribution is 2.40. The topological polar surface area (TPSA) is 134 Å². The fourth-order valence-corrected chi connectivity index (χ4v) is 5.35. The van der Waals surface area contributed by atoms with Crippen LogP contribution in [0.4, 0.5) is 5.82 Å². The zero-order valence-corrected chi connectivity index (χ0v) is 22.9. The van der Waals surface area contributed by atoms with Crippen molar-refractivity contribution in [1.82, 2.24) is 15.1 Å². The van der Waals surface area contributed by atoms with E-state index in [0.717, 1.165) is 57.8 Å². The first kappa shape index (κ1) is 28.4. The zero-order valence-electron chi connectivity index (χ0n) is 22.1. The van der Waals surface area contributed by atoms with Crippen molar-refractivity contribution in [2.75, 3.05) is 44.2 Å². The summed E-state index contributed by atoms with van der Waals surface area (Å²) in [6.45, 7) is 8.26. The first-order chi connectivity index (χ1) is 18.8. The van der Waals surface area contributed by atoms with Gasteiger partial charge in [0.25, 0.3) is 6.04 Å². The molecular formula is C27H33ClN6O5. The molecule has 2 aromatic rings. The Balaban J connectivity index is 1.28. The molecule has 0 saturated carbocycles. The average molecular weight is 557 g/mol. The standard InChI is InChI=1S/C27H33ClN6O5/c1-18-24(27(35)36)25(26(34(37)38)19(2)29-18)20-8-4-5-9-21(20)39-17-7-3-6-12-32-13-15-33(16-14-32)23-11-10-22(28)30-31-23/h4-5,8-11,25-26H,3,6-7,12-17H2,1-2H3,(H,35,36). The number of piperazine rings is 1. The van der Waals surface area contributed by atoms with E-state index in [9.17, 15) is 20.0 Å². The number of aliphatic carboxylic acids is 1. The molecule has 11 nitrogen and oxygen atoms in total. The second kappa shape index (κ2) is 13.0. The summed E-state index contributed by atoms with van der Waals surface area (Å²) in [7, 11) is 0. The van der Waals surface area contributed by atoms with Gasteiger partial charge < -0.3 is 14.7 Å². The Bertz CT molecular complexity index is 1240. The van der Waals surface area contributed by atoms with Gasteiger partial charge in [-0.05, 0) is 57.9 Å². The number of benzene rings is 1. The van der Waals surface area contributed by atoms with Crippen molar-refractivity contribution < 1.29 is 19.6 Å². The van der Waals surface area contributed by atoms with Crippen LogP contribution in [-0.4, -0.2) is 82.2 Å². The van der Waals surface area contributed by atoms with Gasteiger partial charge in [0, 0.05) is 42.4 Å². The molecule has 208 valence electrons. The summed E-state index contributed by atoms with van der Waals surface area (Å²) in [6, 6.07) is 9.36. The Morgan fingerprint density at radius 1 is 1.10 bits per heavy atom. The zero-order chi connectivity index (χ0) is 27.9. The van der Waals surface area contributed by atoms with Crippen molar-refractivity contribution in [3.8, 4) is 5.75 Å². The number of carboxylic acid groups (broad SMARTS) is 1. The minimum Gasteiger partial charge on any atom is -0.493 e. The highest BCUT2D eigenvalue weighted by molar-refractivity contribution is 6.29. The van der Waals surface area contributed by atoms with Crippen LogP contribution in [0.5, 0.6) is 5.75 Å². The summed E-state index contributed by atoms with van der Waals surface area (Å²) in [6.07, 6.45) is 2.81. The Kier molecular flexibility index (Phi) is 9.47. The largest absolute Gasteiger partial charge is 0.493 e. The number of hydrogen-bond donors (Lipinski definition) is 1. The summed E-state index contributed by atoms with van der Waals surface area (Å²) in [4.78, 5) is 32.4. The Morgan fingerprint density at radius 2 is 1.85 bits per heavy atom. The molecule has 3 heterocycles. The van der Waals surface area contributed by atoms with Gasteiger partial charge in [-0.3, -0.25) is 20.0 Å². The number of carbonyl (C=O) groups is 1. The summed E-state index contributed by atoms with van der Waals surface area (Å²) in [5.74, 6) is -0.879. The molecule has 12 heteroatoms. The fourth-order valence-electron chi connectivity index (χ4n) is 5.25. The second-order valence-electron chi connectivity index (χ2n) is 9.76. The number of nitro groups is 1. The quantitative estimate of drug-likeness (QED) is 0.247. The number of rotatable bonds is 11. The lowest BCUT2D eigenvalue weighted by atomic mass is 9.80. The van der Waals surface area contributed by atoms with E-state index in [4.69, 9.17) is 16.3 Å². The van der Waals surface area contributed by atoms with Crippen molar-refractivity contribution in [2.45, 2.75) is 45.1 Å². The second-order valence-corrected chi connectivity index (χ2v) is 10.1. The average Bonchev–Trinajstić information content (AvgIpc) is 2.91. The molecule has 1 aromatic heterocycles. The van der Waals surface area contributed by atoms with Gasteiger partial charge >= 0.3 is 5.97 Å². The number of carboxylic acids is 1. The number of aliphatic imine (C=N–C) groups is 1. The van der Waals surface area contributed by atoms with Crippen LogP contribution in [0.15, 0.2) is 52.7 Å². The van der Waals surface area contributed by atoms with Gasteiger partial charge in [0.2, 0.25) is 0 Å².